The molecule has 0 unspecified atom stereocenters. The highest BCUT2D eigenvalue weighted by molar-refractivity contribution is 6.35. The molecule has 0 fully saturated rings. The SMILES string of the molecule is FC(F)(F)c1cncc(-n2ncc3c(Cl)cccc32)c1. The van der Waals surface area contributed by atoms with Crippen LogP contribution in [0.15, 0.2) is 42.9 Å². The minimum Gasteiger partial charge on any atom is -0.262 e. The van der Waals surface area contributed by atoms with E-state index in [0.29, 0.717) is 15.9 Å². The van der Waals surface area contributed by atoms with E-state index in [9.17, 15) is 13.2 Å². The van der Waals surface area contributed by atoms with Gasteiger partial charge in [0.1, 0.15) is 0 Å². The molecule has 7 heteroatoms. The quantitative estimate of drug-likeness (QED) is 0.677. The predicted octanol–water partition coefficient (Wildman–Crippen LogP) is 4.09. The van der Waals surface area contributed by atoms with Crippen molar-refractivity contribution in [2.45, 2.75) is 6.18 Å². The third-order valence-electron chi connectivity index (χ3n) is 2.86. The highest BCUT2D eigenvalue weighted by Crippen LogP contribution is 2.30. The first-order chi connectivity index (χ1) is 9.47. The molecule has 0 atom stereocenters. The van der Waals surface area contributed by atoms with Crippen LogP contribution >= 0.6 is 11.6 Å². The van der Waals surface area contributed by atoms with Gasteiger partial charge in [-0.3, -0.25) is 4.98 Å². The molecular formula is C13H7ClF3N3. The lowest BCUT2D eigenvalue weighted by atomic mass is 10.2. The zero-order valence-corrected chi connectivity index (χ0v) is 10.7. The molecule has 0 saturated carbocycles. The number of hydrogen-bond donors (Lipinski definition) is 0. The Kier molecular flexibility index (Phi) is 2.90. The van der Waals surface area contributed by atoms with E-state index < -0.39 is 11.7 Å². The highest BCUT2D eigenvalue weighted by Gasteiger charge is 2.31. The predicted molar refractivity (Wildman–Crippen MR) is 68.9 cm³/mol. The number of halogens is 4. The molecule has 2 aromatic heterocycles. The summed E-state index contributed by atoms with van der Waals surface area (Å²) < 4.78 is 39.5. The van der Waals surface area contributed by atoms with E-state index in [2.05, 4.69) is 10.1 Å². The molecule has 2 heterocycles. The summed E-state index contributed by atoms with van der Waals surface area (Å²) >= 11 is 6.01. The van der Waals surface area contributed by atoms with Crippen LogP contribution in [0, 0.1) is 0 Å². The summed E-state index contributed by atoms with van der Waals surface area (Å²) in [6.07, 6.45) is -0.827. The number of benzene rings is 1. The number of hydrogen-bond acceptors (Lipinski definition) is 2. The third kappa shape index (κ3) is 2.12. The second-order valence-corrected chi connectivity index (χ2v) is 4.57. The van der Waals surface area contributed by atoms with Crippen molar-refractivity contribution < 1.29 is 13.2 Å². The van der Waals surface area contributed by atoms with Crippen LogP contribution in [0.5, 0.6) is 0 Å². The van der Waals surface area contributed by atoms with Crippen LogP contribution in [-0.4, -0.2) is 14.8 Å². The third-order valence-corrected chi connectivity index (χ3v) is 3.19. The zero-order valence-electron chi connectivity index (χ0n) is 9.89. The van der Waals surface area contributed by atoms with Crippen LogP contribution in [0.3, 0.4) is 0 Å². The van der Waals surface area contributed by atoms with Gasteiger partial charge in [-0.1, -0.05) is 17.7 Å². The molecule has 3 rings (SSSR count). The molecule has 0 N–H and O–H groups in total. The van der Waals surface area contributed by atoms with E-state index in [-0.39, 0.29) is 5.69 Å². The lowest BCUT2D eigenvalue weighted by Crippen LogP contribution is -2.07. The Morgan fingerprint density at radius 1 is 1.10 bits per heavy atom. The van der Waals surface area contributed by atoms with Gasteiger partial charge < -0.3 is 0 Å². The second-order valence-electron chi connectivity index (χ2n) is 4.16. The van der Waals surface area contributed by atoms with Crippen molar-refractivity contribution in [3.8, 4) is 5.69 Å². The van der Waals surface area contributed by atoms with Gasteiger partial charge in [0.15, 0.2) is 0 Å². The normalized spacial score (nSPS) is 12.0. The van der Waals surface area contributed by atoms with Gasteiger partial charge in [-0.15, -0.1) is 0 Å². The average Bonchev–Trinajstić information content (AvgIpc) is 2.83. The maximum Gasteiger partial charge on any atom is 0.417 e. The molecule has 0 aliphatic rings. The van der Waals surface area contributed by atoms with Crippen molar-refractivity contribution in [1.82, 2.24) is 14.8 Å². The van der Waals surface area contributed by atoms with Crippen molar-refractivity contribution in [1.29, 1.82) is 0 Å². The topological polar surface area (TPSA) is 30.7 Å². The van der Waals surface area contributed by atoms with Crippen LogP contribution in [0.4, 0.5) is 13.2 Å². The van der Waals surface area contributed by atoms with Gasteiger partial charge in [0.25, 0.3) is 0 Å². The number of alkyl halides is 3. The minimum absolute atomic E-state index is 0.233. The molecule has 0 aliphatic heterocycles. The molecule has 0 saturated heterocycles. The summed E-state index contributed by atoms with van der Waals surface area (Å²) in [5.41, 5.74) is 0.0383. The van der Waals surface area contributed by atoms with Crippen LogP contribution in [0.25, 0.3) is 16.6 Å². The first-order valence-electron chi connectivity index (χ1n) is 5.62. The number of fused-ring (bicyclic) bond motifs is 1. The Labute approximate surface area is 116 Å². The summed E-state index contributed by atoms with van der Waals surface area (Å²) in [5.74, 6) is 0. The molecule has 20 heavy (non-hydrogen) atoms. The molecule has 0 bridgehead atoms. The molecule has 102 valence electrons. The summed E-state index contributed by atoms with van der Waals surface area (Å²) in [5, 5.41) is 5.24. The maximum atomic E-state index is 12.7. The van der Waals surface area contributed by atoms with Gasteiger partial charge in [0, 0.05) is 11.6 Å². The lowest BCUT2D eigenvalue weighted by Gasteiger charge is -2.08. The molecular weight excluding hydrogens is 291 g/mol. The maximum absolute atomic E-state index is 12.7. The Bertz CT molecular complexity index is 780. The Morgan fingerprint density at radius 2 is 1.90 bits per heavy atom. The first kappa shape index (κ1) is 12.9. The number of pyridine rings is 1. The van der Waals surface area contributed by atoms with E-state index in [4.69, 9.17) is 11.6 Å². The van der Waals surface area contributed by atoms with Gasteiger partial charge in [-0.25, -0.2) is 4.68 Å². The van der Waals surface area contributed by atoms with Crippen molar-refractivity contribution in [2.75, 3.05) is 0 Å². The van der Waals surface area contributed by atoms with Gasteiger partial charge in [-0.05, 0) is 18.2 Å². The van der Waals surface area contributed by atoms with E-state index in [1.165, 1.54) is 17.1 Å². The van der Waals surface area contributed by atoms with Crippen LogP contribution < -0.4 is 0 Å². The molecule has 0 spiro atoms. The molecule has 1 aromatic carbocycles. The smallest absolute Gasteiger partial charge is 0.262 e. The Morgan fingerprint density at radius 3 is 2.65 bits per heavy atom. The fourth-order valence-corrected chi connectivity index (χ4v) is 2.14. The van der Waals surface area contributed by atoms with E-state index in [1.54, 1.807) is 18.2 Å². The minimum atomic E-state index is -4.44. The Hall–Kier alpha value is -2.08. The van der Waals surface area contributed by atoms with Gasteiger partial charge in [0.2, 0.25) is 0 Å². The zero-order chi connectivity index (χ0) is 14.3. The highest BCUT2D eigenvalue weighted by atomic mass is 35.5. The molecule has 0 radical (unpaired) electrons. The van der Waals surface area contributed by atoms with E-state index in [0.717, 1.165) is 12.3 Å². The van der Waals surface area contributed by atoms with E-state index in [1.807, 2.05) is 0 Å². The van der Waals surface area contributed by atoms with Gasteiger partial charge >= 0.3 is 6.18 Å². The summed E-state index contributed by atoms with van der Waals surface area (Å²) in [4.78, 5) is 3.62. The molecule has 0 amide bonds. The van der Waals surface area contributed by atoms with Crippen molar-refractivity contribution >= 4 is 22.5 Å². The van der Waals surface area contributed by atoms with Crippen molar-refractivity contribution in [3.63, 3.8) is 0 Å². The molecule has 0 aliphatic carbocycles. The first-order valence-corrected chi connectivity index (χ1v) is 5.99. The largest absolute Gasteiger partial charge is 0.417 e. The van der Waals surface area contributed by atoms with Crippen LogP contribution in [0.2, 0.25) is 5.02 Å². The number of aromatic nitrogens is 3. The average molecular weight is 298 g/mol. The number of nitrogens with zero attached hydrogens (tertiary/aromatic N) is 3. The van der Waals surface area contributed by atoms with Crippen LogP contribution in [0.1, 0.15) is 5.56 Å². The fourth-order valence-electron chi connectivity index (χ4n) is 1.92. The van der Waals surface area contributed by atoms with Gasteiger partial charge in [0.05, 0.1) is 34.2 Å². The summed E-state index contributed by atoms with van der Waals surface area (Å²) in [6, 6.07) is 6.14. The summed E-state index contributed by atoms with van der Waals surface area (Å²) in [7, 11) is 0. The van der Waals surface area contributed by atoms with Crippen molar-refractivity contribution in [2.24, 2.45) is 0 Å². The summed E-state index contributed by atoms with van der Waals surface area (Å²) in [6.45, 7) is 0. The Balaban J connectivity index is 2.19. The fraction of sp³-hybridized carbons (Fsp3) is 0.0769. The van der Waals surface area contributed by atoms with Gasteiger partial charge in [-0.2, -0.15) is 18.3 Å². The molecule has 3 nitrogen and oxygen atoms in total. The monoisotopic (exact) mass is 297 g/mol. The standard InChI is InChI=1S/C13H7ClF3N3/c14-11-2-1-3-12-10(11)7-19-20(12)9-4-8(5-18-6-9)13(15,16)17/h1-7H. The van der Waals surface area contributed by atoms with E-state index >= 15 is 0 Å². The second kappa shape index (κ2) is 4.49. The van der Waals surface area contributed by atoms with Crippen LogP contribution in [-0.2, 0) is 6.18 Å². The number of rotatable bonds is 1. The lowest BCUT2D eigenvalue weighted by molar-refractivity contribution is -0.137. The van der Waals surface area contributed by atoms with Crippen molar-refractivity contribution in [3.05, 3.63) is 53.4 Å². The molecule has 3 aromatic rings.